The van der Waals surface area contributed by atoms with Crippen LogP contribution in [0.15, 0.2) is 12.3 Å². The lowest BCUT2D eigenvalue weighted by molar-refractivity contribution is 0.1000. The fourth-order valence-corrected chi connectivity index (χ4v) is 3.12. The van der Waals surface area contributed by atoms with Crippen LogP contribution in [0.2, 0.25) is 5.02 Å². The van der Waals surface area contributed by atoms with E-state index >= 15 is 0 Å². The minimum atomic E-state index is -0.538. The van der Waals surface area contributed by atoms with Gasteiger partial charge in [0.1, 0.15) is 17.5 Å². The van der Waals surface area contributed by atoms with E-state index in [0.717, 1.165) is 37.5 Å². The summed E-state index contributed by atoms with van der Waals surface area (Å²) in [6.45, 7) is 1.73. The molecular formula is C16H21ClN6O. The fraction of sp³-hybridized carbons (Fsp3) is 0.500. The van der Waals surface area contributed by atoms with Crippen LogP contribution in [0.4, 0.5) is 5.82 Å². The zero-order valence-electron chi connectivity index (χ0n) is 13.5. The van der Waals surface area contributed by atoms with Gasteiger partial charge in [0.15, 0.2) is 0 Å². The van der Waals surface area contributed by atoms with Gasteiger partial charge in [-0.3, -0.25) is 4.79 Å². The van der Waals surface area contributed by atoms with Crippen LogP contribution in [-0.4, -0.2) is 32.2 Å². The van der Waals surface area contributed by atoms with E-state index in [2.05, 4.69) is 25.1 Å². The van der Waals surface area contributed by atoms with E-state index in [0.29, 0.717) is 22.9 Å². The molecule has 1 amide bonds. The van der Waals surface area contributed by atoms with Gasteiger partial charge in [-0.15, -0.1) is 10.2 Å². The topological polar surface area (TPSA) is 98.7 Å². The second-order valence-corrected chi connectivity index (χ2v) is 6.35. The molecule has 0 aliphatic carbocycles. The maximum absolute atomic E-state index is 11.1. The summed E-state index contributed by atoms with van der Waals surface area (Å²) >= 11 is 6.11. The van der Waals surface area contributed by atoms with Crippen molar-refractivity contribution < 1.29 is 4.79 Å². The smallest absolute Gasteiger partial charge is 0.250 e. The van der Waals surface area contributed by atoms with Gasteiger partial charge in [-0.25, -0.2) is 4.98 Å². The number of hydrogen-bond donors (Lipinski definition) is 2. The monoisotopic (exact) mass is 348 g/mol. The van der Waals surface area contributed by atoms with Crippen molar-refractivity contribution in [3.63, 3.8) is 0 Å². The number of amides is 1. The molecule has 0 radical (unpaired) electrons. The Bertz CT molecular complexity index is 729. The van der Waals surface area contributed by atoms with Crippen LogP contribution >= 0.6 is 11.6 Å². The van der Waals surface area contributed by atoms with Gasteiger partial charge in [-0.2, -0.15) is 0 Å². The van der Waals surface area contributed by atoms with Gasteiger partial charge in [0.25, 0.3) is 0 Å². The van der Waals surface area contributed by atoms with E-state index in [1.54, 1.807) is 0 Å². The Morgan fingerprint density at radius 2 is 2.21 bits per heavy atom. The minimum Gasteiger partial charge on any atom is -0.369 e. The summed E-state index contributed by atoms with van der Waals surface area (Å²) in [6.07, 6.45) is 7.86. The maximum atomic E-state index is 11.1. The first kappa shape index (κ1) is 16.7. The molecule has 0 atom stereocenters. The molecule has 3 rings (SSSR count). The van der Waals surface area contributed by atoms with Crippen LogP contribution in [0.3, 0.4) is 0 Å². The lowest BCUT2D eigenvalue weighted by Gasteiger charge is -2.09. The number of fused-ring (bicyclic) bond motifs is 1. The molecule has 8 heteroatoms. The third-order valence-electron chi connectivity index (χ3n) is 4.18. The predicted octanol–water partition coefficient (Wildman–Crippen LogP) is 2.20. The third-order valence-corrected chi connectivity index (χ3v) is 4.47. The zero-order valence-corrected chi connectivity index (χ0v) is 14.2. The highest BCUT2D eigenvalue weighted by molar-refractivity contribution is 6.33. The van der Waals surface area contributed by atoms with Crippen LogP contribution in [-0.2, 0) is 19.4 Å². The van der Waals surface area contributed by atoms with Gasteiger partial charge in [0.05, 0.1) is 10.6 Å². The number of carbonyl (C=O) groups excluding carboxylic acids is 1. The number of halogens is 1. The van der Waals surface area contributed by atoms with E-state index in [-0.39, 0.29) is 0 Å². The predicted molar refractivity (Wildman–Crippen MR) is 92.2 cm³/mol. The average molecular weight is 349 g/mol. The summed E-state index contributed by atoms with van der Waals surface area (Å²) in [4.78, 5) is 15.2. The summed E-state index contributed by atoms with van der Waals surface area (Å²) in [7, 11) is 0. The lowest BCUT2D eigenvalue weighted by Crippen LogP contribution is -2.13. The van der Waals surface area contributed by atoms with Gasteiger partial charge in [0, 0.05) is 32.1 Å². The number of nitrogens with two attached hydrogens (primary N) is 1. The lowest BCUT2D eigenvalue weighted by atomic mass is 10.2. The largest absolute Gasteiger partial charge is 0.369 e. The van der Waals surface area contributed by atoms with Gasteiger partial charge in [0.2, 0.25) is 5.91 Å². The number of nitrogens with one attached hydrogen (secondary N) is 1. The second kappa shape index (κ2) is 7.61. The van der Waals surface area contributed by atoms with Gasteiger partial charge in [-0.1, -0.05) is 18.0 Å². The van der Waals surface area contributed by atoms with Crippen molar-refractivity contribution in [3.8, 4) is 0 Å². The van der Waals surface area contributed by atoms with E-state index in [1.807, 2.05) is 0 Å². The van der Waals surface area contributed by atoms with Crippen molar-refractivity contribution in [1.82, 2.24) is 19.7 Å². The standard InChI is InChI=1S/C16H21ClN6O/c17-12-9-11(15(18)24)10-20-16(12)19-7-4-6-14-22-21-13-5-2-1-3-8-23(13)14/h9-10H,1-8H2,(H2,18,24)(H,19,20). The average Bonchev–Trinajstić information content (AvgIpc) is 2.79. The molecule has 3 heterocycles. The minimum absolute atomic E-state index is 0.303. The number of nitrogens with zero attached hydrogens (tertiary/aromatic N) is 4. The van der Waals surface area contributed by atoms with Crippen molar-refractivity contribution in [2.45, 2.75) is 45.1 Å². The van der Waals surface area contributed by atoms with Crippen molar-refractivity contribution in [2.75, 3.05) is 11.9 Å². The highest BCUT2D eigenvalue weighted by atomic mass is 35.5. The van der Waals surface area contributed by atoms with Crippen molar-refractivity contribution in [2.24, 2.45) is 5.73 Å². The quantitative estimate of drug-likeness (QED) is 0.780. The third kappa shape index (κ3) is 3.84. The zero-order chi connectivity index (χ0) is 16.9. The molecular weight excluding hydrogens is 328 g/mol. The molecule has 0 bridgehead atoms. The molecule has 0 unspecified atom stereocenters. The number of primary amides is 1. The first-order chi connectivity index (χ1) is 11.6. The molecule has 0 saturated carbocycles. The van der Waals surface area contributed by atoms with E-state index < -0.39 is 5.91 Å². The molecule has 1 aliphatic heterocycles. The molecule has 24 heavy (non-hydrogen) atoms. The first-order valence-electron chi connectivity index (χ1n) is 8.25. The number of anilines is 1. The second-order valence-electron chi connectivity index (χ2n) is 5.94. The number of rotatable bonds is 6. The first-order valence-corrected chi connectivity index (χ1v) is 8.63. The van der Waals surface area contributed by atoms with E-state index in [9.17, 15) is 4.79 Å². The van der Waals surface area contributed by atoms with Crippen molar-refractivity contribution >= 4 is 23.3 Å². The number of carbonyl (C=O) groups is 1. The number of aryl methyl sites for hydroxylation is 2. The Morgan fingerprint density at radius 1 is 1.33 bits per heavy atom. The van der Waals surface area contributed by atoms with Crippen LogP contribution < -0.4 is 11.1 Å². The number of aromatic nitrogens is 4. The summed E-state index contributed by atoms with van der Waals surface area (Å²) in [6, 6.07) is 1.53. The normalized spacial score (nSPS) is 14.0. The summed E-state index contributed by atoms with van der Waals surface area (Å²) in [5, 5.41) is 12.2. The van der Waals surface area contributed by atoms with Crippen molar-refractivity contribution in [1.29, 1.82) is 0 Å². The summed E-state index contributed by atoms with van der Waals surface area (Å²) < 4.78 is 2.26. The Labute approximate surface area is 145 Å². The Balaban J connectivity index is 1.53. The van der Waals surface area contributed by atoms with E-state index in [4.69, 9.17) is 17.3 Å². The van der Waals surface area contributed by atoms with Gasteiger partial charge < -0.3 is 15.6 Å². The highest BCUT2D eigenvalue weighted by Crippen LogP contribution is 2.20. The van der Waals surface area contributed by atoms with Gasteiger partial charge in [-0.05, 0) is 25.3 Å². The molecule has 2 aromatic rings. The Morgan fingerprint density at radius 3 is 3.00 bits per heavy atom. The van der Waals surface area contributed by atoms with Gasteiger partial charge >= 0.3 is 0 Å². The Kier molecular flexibility index (Phi) is 5.30. The number of hydrogen-bond acceptors (Lipinski definition) is 5. The maximum Gasteiger partial charge on any atom is 0.250 e. The summed E-state index contributed by atoms with van der Waals surface area (Å²) in [5.41, 5.74) is 5.50. The molecule has 0 aromatic carbocycles. The molecule has 1 aliphatic rings. The summed E-state index contributed by atoms with van der Waals surface area (Å²) in [5.74, 6) is 2.18. The SMILES string of the molecule is NC(=O)c1cnc(NCCCc2nnc3n2CCCCC3)c(Cl)c1. The molecule has 0 spiro atoms. The van der Waals surface area contributed by atoms with E-state index in [1.165, 1.54) is 31.5 Å². The fourth-order valence-electron chi connectivity index (χ4n) is 2.89. The van der Waals surface area contributed by atoms with Crippen LogP contribution in [0.25, 0.3) is 0 Å². The molecule has 0 saturated heterocycles. The molecule has 3 N–H and O–H groups in total. The number of pyridine rings is 1. The molecule has 7 nitrogen and oxygen atoms in total. The van der Waals surface area contributed by atoms with Crippen LogP contribution in [0.1, 0.15) is 47.7 Å². The molecule has 2 aromatic heterocycles. The molecule has 0 fully saturated rings. The molecule has 128 valence electrons. The van der Waals surface area contributed by atoms with Crippen LogP contribution in [0, 0.1) is 0 Å². The van der Waals surface area contributed by atoms with Crippen LogP contribution in [0.5, 0.6) is 0 Å². The highest BCUT2D eigenvalue weighted by Gasteiger charge is 2.14. The Hall–Kier alpha value is -2.15. The van der Waals surface area contributed by atoms with Crippen molar-refractivity contribution in [3.05, 3.63) is 34.5 Å².